The van der Waals surface area contributed by atoms with Gasteiger partial charge in [-0.15, -0.1) is 0 Å². The number of carbonyl (C=O) groups is 1. The summed E-state index contributed by atoms with van der Waals surface area (Å²) >= 11 is 0. The van der Waals surface area contributed by atoms with Crippen molar-refractivity contribution in [2.24, 2.45) is 0 Å². The summed E-state index contributed by atoms with van der Waals surface area (Å²) in [4.78, 5) is 11.1. The third-order valence-corrected chi connectivity index (χ3v) is 1.61. The zero-order valence-corrected chi connectivity index (χ0v) is 9.58. The van der Waals surface area contributed by atoms with Crippen LogP contribution >= 0.6 is 0 Å². The van der Waals surface area contributed by atoms with Gasteiger partial charge in [-0.3, -0.25) is 4.79 Å². The smallest absolute Gasteiger partial charge is 0.304 e. The molecule has 4 nitrogen and oxygen atoms in total. The van der Waals surface area contributed by atoms with Crippen LogP contribution in [-0.4, -0.2) is 50.9 Å². The Balaban J connectivity index is 3.71. The number of esters is 1. The first-order valence-corrected chi connectivity index (χ1v) is 4.97. The molecule has 0 amide bonds. The zero-order valence-electron chi connectivity index (χ0n) is 9.58. The average molecular weight is 203 g/mol. The molecule has 0 aromatic heterocycles. The van der Waals surface area contributed by atoms with E-state index in [-0.39, 0.29) is 12.4 Å². The van der Waals surface area contributed by atoms with E-state index in [1.54, 1.807) is 0 Å². The van der Waals surface area contributed by atoms with E-state index in [4.69, 9.17) is 4.74 Å². The number of carbonyl (C=O) groups excluding carboxylic acids is 1. The van der Waals surface area contributed by atoms with Crippen molar-refractivity contribution in [3.63, 3.8) is 0 Å². The maximum absolute atomic E-state index is 11.4. The molecule has 1 unspecified atom stereocenters. The van der Waals surface area contributed by atoms with Gasteiger partial charge in [0, 0.05) is 6.42 Å². The molecule has 84 valence electrons. The molecule has 0 aliphatic rings. The quantitative estimate of drug-likeness (QED) is 0.442. The van der Waals surface area contributed by atoms with Crippen LogP contribution in [0.5, 0.6) is 0 Å². The van der Waals surface area contributed by atoms with Gasteiger partial charge in [0.15, 0.2) is 0 Å². The highest BCUT2D eigenvalue weighted by atomic mass is 16.5. The van der Waals surface area contributed by atoms with E-state index < -0.39 is 6.10 Å². The second-order valence-corrected chi connectivity index (χ2v) is 4.52. The van der Waals surface area contributed by atoms with E-state index >= 15 is 0 Å². The van der Waals surface area contributed by atoms with E-state index in [1.165, 1.54) is 0 Å². The number of ether oxygens (including phenoxy) is 1. The van der Waals surface area contributed by atoms with E-state index in [9.17, 15) is 9.90 Å². The minimum atomic E-state index is -0.862. The predicted molar refractivity (Wildman–Crippen MR) is 52.6 cm³/mol. The Kier molecular flexibility index (Phi) is 5.72. The molecule has 0 saturated heterocycles. The van der Waals surface area contributed by atoms with Gasteiger partial charge in [0.25, 0.3) is 0 Å². The number of hydrogen-bond acceptors (Lipinski definition) is 3. The number of rotatable bonds is 6. The molecule has 0 N–H and O–H groups in total. The fourth-order valence-corrected chi connectivity index (χ4v) is 1.14. The third-order valence-electron chi connectivity index (χ3n) is 1.61. The number of hydrogen-bond donors (Lipinski definition) is 0. The molecule has 14 heavy (non-hydrogen) atoms. The molecule has 0 fully saturated rings. The molecule has 0 heterocycles. The standard InChI is InChI=1S/C10H21NO3/c1-5-6-14-10(13)7-9(12)8-11(2,3)4/h9H,5-8H2,1-4H3. The van der Waals surface area contributed by atoms with Crippen molar-refractivity contribution in [1.29, 1.82) is 0 Å². The lowest BCUT2D eigenvalue weighted by Gasteiger charge is -2.31. The van der Waals surface area contributed by atoms with Crippen molar-refractivity contribution in [2.45, 2.75) is 25.9 Å². The van der Waals surface area contributed by atoms with Crippen molar-refractivity contribution >= 4 is 5.97 Å². The van der Waals surface area contributed by atoms with Gasteiger partial charge in [0.1, 0.15) is 0 Å². The second-order valence-electron chi connectivity index (χ2n) is 4.52. The predicted octanol–water partition coefficient (Wildman–Crippen LogP) is -0.235. The van der Waals surface area contributed by atoms with Gasteiger partial charge in [0.2, 0.25) is 0 Å². The molecule has 4 heteroatoms. The average Bonchev–Trinajstić information content (AvgIpc) is 1.96. The normalized spacial score (nSPS) is 13.8. The van der Waals surface area contributed by atoms with Crippen molar-refractivity contribution < 1.29 is 19.1 Å². The summed E-state index contributed by atoms with van der Waals surface area (Å²) < 4.78 is 5.41. The Morgan fingerprint density at radius 1 is 1.43 bits per heavy atom. The van der Waals surface area contributed by atoms with Crippen molar-refractivity contribution in [2.75, 3.05) is 34.3 Å². The molecule has 0 rings (SSSR count). The molecule has 0 aliphatic carbocycles. The lowest BCUT2D eigenvalue weighted by atomic mass is 10.2. The van der Waals surface area contributed by atoms with Crippen LogP contribution in [0.25, 0.3) is 0 Å². The molecule has 0 aromatic carbocycles. The van der Waals surface area contributed by atoms with Gasteiger partial charge in [-0.05, 0) is 6.42 Å². The summed E-state index contributed by atoms with van der Waals surface area (Å²) in [6.07, 6.45) is -0.0838. The first-order valence-electron chi connectivity index (χ1n) is 4.97. The Labute approximate surface area is 86.1 Å². The van der Waals surface area contributed by atoms with E-state index in [0.717, 1.165) is 6.42 Å². The Morgan fingerprint density at radius 3 is 2.43 bits per heavy atom. The molecular weight excluding hydrogens is 182 g/mol. The van der Waals surface area contributed by atoms with Gasteiger partial charge < -0.3 is 14.3 Å². The second kappa shape index (κ2) is 5.98. The summed E-state index contributed by atoms with van der Waals surface area (Å²) in [5.41, 5.74) is 0. The minimum absolute atomic E-state index is 0.0183. The number of nitrogens with zero attached hydrogens (tertiary/aromatic N) is 1. The fraction of sp³-hybridized carbons (Fsp3) is 0.900. The monoisotopic (exact) mass is 203 g/mol. The molecule has 0 spiro atoms. The molecule has 0 aliphatic heterocycles. The highest BCUT2D eigenvalue weighted by Crippen LogP contribution is 1.98. The molecule has 0 radical (unpaired) electrons. The first-order chi connectivity index (χ1) is 6.35. The van der Waals surface area contributed by atoms with E-state index in [1.807, 2.05) is 28.1 Å². The Bertz CT molecular complexity index is 175. The molecule has 1 atom stereocenters. The summed E-state index contributed by atoms with van der Waals surface area (Å²) in [5, 5.41) is 11.4. The lowest BCUT2D eigenvalue weighted by molar-refractivity contribution is -0.880. The van der Waals surface area contributed by atoms with Gasteiger partial charge in [-0.2, -0.15) is 0 Å². The van der Waals surface area contributed by atoms with Gasteiger partial charge in [-0.1, -0.05) is 13.0 Å². The van der Waals surface area contributed by atoms with Crippen LogP contribution in [0.15, 0.2) is 0 Å². The van der Waals surface area contributed by atoms with E-state index in [2.05, 4.69) is 0 Å². The highest BCUT2D eigenvalue weighted by Gasteiger charge is 2.12. The van der Waals surface area contributed by atoms with Crippen molar-refractivity contribution in [1.82, 2.24) is 0 Å². The maximum Gasteiger partial charge on any atom is 0.304 e. The molecule has 0 bridgehead atoms. The van der Waals surface area contributed by atoms with Crippen LogP contribution in [0.2, 0.25) is 0 Å². The minimum Gasteiger partial charge on any atom is -0.848 e. The molecule has 0 saturated carbocycles. The van der Waals surface area contributed by atoms with Gasteiger partial charge >= 0.3 is 5.97 Å². The molecular formula is C10H21NO3. The summed E-state index contributed by atoms with van der Waals surface area (Å²) in [7, 11) is 5.80. The fourth-order valence-electron chi connectivity index (χ4n) is 1.14. The van der Waals surface area contributed by atoms with Gasteiger partial charge in [0.05, 0.1) is 34.3 Å². The molecule has 0 aromatic rings. The largest absolute Gasteiger partial charge is 0.848 e. The van der Waals surface area contributed by atoms with Gasteiger partial charge in [-0.25, -0.2) is 0 Å². The maximum atomic E-state index is 11.4. The van der Waals surface area contributed by atoms with Crippen LogP contribution in [0.3, 0.4) is 0 Å². The van der Waals surface area contributed by atoms with Crippen LogP contribution in [-0.2, 0) is 9.53 Å². The zero-order chi connectivity index (χ0) is 11.2. The summed E-state index contributed by atoms with van der Waals surface area (Å²) in [6.45, 7) is 2.78. The number of likely N-dealkylation sites (N-methyl/N-ethyl adjacent to an activating group) is 1. The topological polar surface area (TPSA) is 49.4 Å². The first kappa shape index (κ1) is 13.4. The van der Waals surface area contributed by atoms with Crippen LogP contribution in [0.1, 0.15) is 19.8 Å². The SMILES string of the molecule is CCCOC(=O)CC([O-])C[N+](C)(C)C. The summed E-state index contributed by atoms with van der Waals surface area (Å²) in [5.74, 6) is -0.375. The van der Waals surface area contributed by atoms with Crippen LogP contribution in [0, 0.1) is 0 Å². The summed E-state index contributed by atoms with van der Waals surface area (Å²) in [6, 6.07) is 0. The highest BCUT2D eigenvalue weighted by molar-refractivity contribution is 5.69. The van der Waals surface area contributed by atoms with Crippen LogP contribution in [0.4, 0.5) is 0 Å². The Morgan fingerprint density at radius 2 is 2.00 bits per heavy atom. The van der Waals surface area contributed by atoms with Crippen LogP contribution < -0.4 is 5.11 Å². The van der Waals surface area contributed by atoms with Crippen molar-refractivity contribution in [3.05, 3.63) is 0 Å². The third kappa shape index (κ3) is 8.01. The number of quaternary nitrogens is 1. The van der Waals surface area contributed by atoms with E-state index in [0.29, 0.717) is 17.6 Å². The Hall–Kier alpha value is -0.610. The van der Waals surface area contributed by atoms with Crippen molar-refractivity contribution in [3.8, 4) is 0 Å². The lowest BCUT2D eigenvalue weighted by Crippen LogP contribution is -2.47.